The van der Waals surface area contributed by atoms with Gasteiger partial charge in [-0.3, -0.25) is 9.67 Å². The lowest BCUT2D eigenvalue weighted by Gasteiger charge is -2.11. The van der Waals surface area contributed by atoms with Crippen LogP contribution in [-0.2, 0) is 13.1 Å². The average Bonchev–Trinajstić information content (AvgIpc) is 3.39. The van der Waals surface area contributed by atoms with Crippen LogP contribution in [0.2, 0.25) is 0 Å². The number of aromatic nitrogens is 4. The highest BCUT2D eigenvalue weighted by molar-refractivity contribution is 5.79. The Morgan fingerprint density at radius 3 is 2.70 bits per heavy atom. The zero-order valence-electron chi connectivity index (χ0n) is 15.7. The van der Waals surface area contributed by atoms with Gasteiger partial charge in [0.25, 0.3) is 0 Å². The van der Waals surface area contributed by atoms with Crippen molar-refractivity contribution in [2.75, 3.05) is 20.7 Å². The van der Waals surface area contributed by atoms with Gasteiger partial charge in [-0.25, -0.2) is 4.68 Å². The van der Waals surface area contributed by atoms with Gasteiger partial charge in [-0.1, -0.05) is 0 Å². The first-order valence-corrected chi connectivity index (χ1v) is 8.89. The van der Waals surface area contributed by atoms with Crippen LogP contribution in [0.1, 0.15) is 12.1 Å². The molecular formula is C19H25N7O. The Morgan fingerprint density at radius 1 is 1.15 bits per heavy atom. The van der Waals surface area contributed by atoms with Crippen molar-refractivity contribution in [1.82, 2.24) is 30.2 Å². The van der Waals surface area contributed by atoms with Crippen LogP contribution in [0.15, 0.2) is 60.0 Å². The summed E-state index contributed by atoms with van der Waals surface area (Å²) >= 11 is 0. The molecule has 3 aromatic rings. The van der Waals surface area contributed by atoms with Crippen LogP contribution in [0.25, 0.3) is 5.69 Å². The van der Waals surface area contributed by atoms with Gasteiger partial charge in [0, 0.05) is 38.7 Å². The molecule has 0 atom stereocenters. The summed E-state index contributed by atoms with van der Waals surface area (Å²) in [5, 5.41) is 15.4. The van der Waals surface area contributed by atoms with Crippen LogP contribution < -0.4 is 15.4 Å². The van der Waals surface area contributed by atoms with Gasteiger partial charge in [0.15, 0.2) is 5.96 Å². The van der Waals surface area contributed by atoms with Crippen LogP contribution in [0.5, 0.6) is 5.75 Å². The van der Waals surface area contributed by atoms with E-state index in [1.54, 1.807) is 20.4 Å². The fourth-order valence-corrected chi connectivity index (χ4v) is 2.61. The molecule has 142 valence electrons. The fraction of sp³-hybridized carbons (Fsp3) is 0.316. The molecule has 2 aromatic heterocycles. The fourth-order valence-electron chi connectivity index (χ4n) is 2.61. The van der Waals surface area contributed by atoms with Gasteiger partial charge in [-0.15, -0.1) is 0 Å². The second kappa shape index (κ2) is 9.42. The number of nitrogens with zero attached hydrogens (tertiary/aromatic N) is 5. The lowest BCUT2D eigenvalue weighted by atomic mass is 10.3. The molecule has 0 aliphatic rings. The van der Waals surface area contributed by atoms with E-state index in [4.69, 9.17) is 4.74 Å². The highest BCUT2D eigenvalue weighted by Gasteiger charge is 2.03. The average molecular weight is 367 g/mol. The van der Waals surface area contributed by atoms with Gasteiger partial charge in [0.1, 0.15) is 5.75 Å². The largest absolute Gasteiger partial charge is 0.497 e. The highest BCUT2D eigenvalue weighted by atomic mass is 16.5. The Balaban J connectivity index is 1.44. The van der Waals surface area contributed by atoms with E-state index in [0.29, 0.717) is 6.54 Å². The van der Waals surface area contributed by atoms with Gasteiger partial charge in [0.05, 0.1) is 25.0 Å². The van der Waals surface area contributed by atoms with Crippen LogP contribution in [0.3, 0.4) is 0 Å². The van der Waals surface area contributed by atoms with Gasteiger partial charge < -0.3 is 15.4 Å². The van der Waals surface area contributed by atoms with E-state index >= 15 is 0 Å². The lowest BCUT2D eigenvalue weighted by molar-refractivity contribution is 0.414. The number of guanidine groups is 1. The maximum absolute atomic E-state index is 5.18. The quantitative estimate of drug-likeness (QED) is 0.361. The van der Waals surface area contributed by atoms with Gasteiger partial charge in [-0.2, -0.15) is 10.2 Å². The zero-order valence-corrected chi connectivity index (χ0v) is 15.7. The van der Waals surface area contributed by atoms with Crippen LogP contribution >= 0.6 is 0 Å². The smallest absolute Gasteiger partial charge is 0.191 e. The molecule has 8 heteroatoms. The Hall–Kier alpha value is -3.29. The van der Waals surface area contributed by atoms with E-state index in [9.17, 15) is 0 Å². The molecule has 0 bridgehead atoms. The molecule has 0 radical (unpaired) electrons. The summed E-state index contributed by atoms with van der Waals surface area (Å²) in [7, 11) is 3.42. The van der Waals surface area contributed by atoms with Crippen molar-refractivity contribution in [2.24, 2.45) is 4.99 Å². The number of aryl methyl sites for hydroxylation is 1. The zero-order chi connectivity index (χ0) is 18.9. The summed E-state index contributed by atoms with van der Waals surface area (Å²) in [4.78, 5) is 4.25. The lowest BCUT2D eigenvalue weighted by Crippen LogP contribution is -2.37. The van der Waals surface area contributed by atoms with E-state index in [0.717, 1.165) is 42.6 Å². The second-order valence-electron chi connectivity index (χ2n) is 5.92. The van der Waals surface area contributed by atoms with Crippen molar-refractivity contribution in [2.45, 2.75) is 19.5 Å². The van der Waals surface area contributed by atoms with Crippen LogP contribution in [-0.4, -0.2) is 46.2 Å². The molecule has 0 fully saturated rings. The van der Waals surface area contributed by atoms with E-state index in [2.05, 4.69) is 25.8 Å². The normalized spacial score (nSPS) is 11.4. The monoisotopic (exact) mass is 367 g/mol. The number of rotatable bonds is 8. The topological polar surface area (TPSA) is 81.3 Å². The maximum Gasteiger partial charge on any atom is 0.191 e. The number of methoxy groups -OCH3 is 1. The molecule has 2 heterocycles. The minimum atomic E-state index is 0.599. The standard InChI is InChI=1S/C19H25N7O/c1-20-19(21-10-3-12-25-13-4-11-23-25)22-15-16-9-14-26(24-16)17-5-7-18(27-2)8-6-17/h4-9,11,13-14H,3,10,12,15H2,1-2H3,(H2,20,21,22). The molecule has 8 nitrogen and oxygen atoms in total. The van der Waals surface area contributed by atoms with Gasteiger partial charge >= 0.3 is 0 Å². The molecule has 3 rings (SSSR count). The van der Waals surface area contributed by atoms with Crippen molar-refractivity contribution in [1.29, 1.82) is 0 Å². The third kappa shape index (κ3) is 5.34. The van der Waals surface area contributed by atoms with E-state index < -0.39 is 0 Å². The summed E-state index contributed by atoms with van der Waals surface area (Å²) in [6.45, 7) is 2.30. The minimum absolute atomic E-state index is 0.599. The molecule has 2 N–H and O–H groups in total. The third-order valence-corrected chi connectivity index (χ3v) is 4.06. The van der Waals surface area contributed by atoms with Crippen molar-refractivity contribution in [3.8, 4) is 11.4 Å². The molecule has 0 spiro atoms. The number of hydrogen-bond acceptors (Lipinski definition) is 4. The van der Waals surface area contributed by atoms with Crippen molar-refractivity contribution >= 4 is 5.96 Å². The van der Waals surface area contributed by atoms with E-state index in [1.807, 2.05) is 58.2 Å². The summed E-state index contributed by atoms with van der Waals surface area (Å²) in [5.74, 6) is 1.59. The van der Waals surface area contributed by atoms with Crippen LogP contribution in [0.4, 0.5) is 0 Å². The van der Waals surface area contributed by atoms with Crippen molar-refractivity contribution in [3.05, 3.63) is 60.7 Å². The molecule has 0 unspecified atom stereocenters. The van der Waals surface area contributed by atoms with Crippen LogP contribution in [0, 0.1) is 0 Å². The van der Waals surface area contributed by atoms with E-state index in [-0.39, 0.29) is 0 Å². The molecule has 27 heavy (non-hydrogen) atoms. The first-order valence-electron chi connectivity index (χ1n) is 8.89. The maximum atomic E-state index is 5.18. The first kappa shape index (κ1) is 18.5. The Labute approximate surface area is 158 Å². The van der Waals surface area contributed by atoms with E-state index in [1.165, 1.54) is 0 Å². The number of hydrogen-bond donors (Lipinski definition) is 2. The molecule has 0 aliphatic heterocycles. The third-order valence-electron chi connectivity index (χ3n) is 4.06. The van der Waals surface area contributed by atoms with Gasteiger partial charge in [0.2, 0.25) is 0 Å². The molecule has 0 aliphatic carbocycles. The minimum Gasteiger partial charge on any atom is -0.497 e. The number of nitrogens with one attached hydrogen (secondary N) is 2. The predicted molar refractivity (Wildman–Crippen MR) is 105 cm³/mol. The molecule has 0 amide bonds. The summed E-state index contributed by atoms with van der Waals surface area (Å²) < 4.78 is 8.95. The Bertz CT molecular complexity index is 837. The summed E-state index contributed by atoms with van der Waals surface area (Å²) in [6.07, 6.45) is 6.67. The number of aliphatic imine (C=N–C) groups is 1. The molecule has 0 saturated carbocycles. The SMILES string of the molecule is CN=C(NCCCn1cccn1)NCc1ccn(-c2ccc(OC)cc2)n1. The van der Waals surface area contributed by atoms with Crippen molar-refractivity contribution < 1.29 is 4.74 Å². The van der Waals surface area contributed by atoms with Gasteiger partial charge in [-0.05, 0) is 42.8 Å². The summed E-state index contributed by atoms with van der Waals surface area (Å²) in [6, 6.07) is 11.7. The summed E-state index contributed by atoms with van der Waals surface area (Å²) in [5.41, 5.74) is 1.92. The number of ether oxygens (including phenoxy) is 1. The van der Waals surface area contributed by atoms with Crippen molar-refractivity contribution in [3.63, 3.8) is 0 Å². The Kier molecular flexibility index (Phi) is 6.45. The molecular weight excluding hydrogens is 342 g/mol. The first-order chi connectivity index (χ1) is 13.3. The highest BCUT2D eigenvalue weighted by Crippen LogP contribution is 2.14. The molecule has 0 saturated heterocycles. The Morgan fingerprint density at radius 2 is 2.00 bits per heavy atom. The number of benzene rings is 1. The second-order valence-corrected chi connectivity index (χ2v) is 5.92. The molecule has 1 aromatic carbocycles. The predicted octanol–water partition coefficient (Wildman–Crippen LogP) is 1.83.